The fraction of sp³-hybridized carbons (Fsp3) is 0.387. The van der Waals surface area contributed by atoms with Crippen molar-refractivity contribution in [3.05, 3.63) is 93.3 Å². The van der Waals surface area contributed by atoms with Crippen LogP contribution < -0.4 is 21.0 Å². The minimum atomic E-state index is -0.422. The Bertz CT molecular complexity index is 1660. The molecule has 5 atom stereocenters. The first-order chi connectivity index (χ1) is 19.8. The van der Waals surface area contributed by atoms with E-state index in [0.29, 0.717) is 25.3 Å². The number of benzene rings is 2. The Hall–Kier alpha value is -4.15. The third-order valence-corrected chi connectivity index (χ3v) is 9.22. The Morgan fingerprint density at radius 1 is 1.15 bits per heavy atom. The molecule has 5 heterocycles. The molecule has 1 fully saturated rings. The lowest BCUT2D eigenvalue weighted by Crippen LogP contribution is -2.61. The van der Waals surface area contributed by atoms with Crippen molar-refractivity contribution in [1.82, 2.24) is 19.9 Å². The topological polar surface area (TPSA) is 130 Å². The number of piperidine rings is 1. The van der Waals surface area contributed by atoms with Crippen LogP contribution in [0.2, 0.25) is 0 Å². The Morgan fingerprint density at radius 3 is 2.76 bits per heavy atom. The Kier molecular flexibility index (Phi) is 6.13. The van der Waals surface area contributed by atoms with Gasteiger partial charge in [-0.3, -0.25) is 14.8 Å². The van der Waals surface area contributed by atoms with Crippen LogP contribution in [0.1, 0.15) is 49.3 Å². The molecule has 4 aromatic rings. The van der Waals surface area contributed by atoms with Gasteiger partial charge in [0.1, 0.15) is 5.82 Å². The summed E-state index contributed by atoms with van der Waals surface area (Å²) in [7, 11) is 0. The molecule has 0 saturated carbocycles. The molecule has 41 heavy (non-hydrogen) atoms. The molecule has 2 bridgehead atoms. The number of nitrogens with zero attached hydrogens (tertiary/aromatic N) is 4. The summed E-state index contributed by atoms with van der Waals surface area (Å²) in [6, 6.07) is 18.0. The number of hydrogen-bond donors (Lipinski definition) is 3. The number of carbonyl (C=O) groups is 1. The monoisotopic (exact) mass is 553 g/mol. The maximum atomic E-state index is 14.3. The minimum absolute atomic E-state index is 0.00394. The highest BCUT2D eigenvalue weighted by Gasteiger charge is 2.49. The predicted octanol–water partition coefficient (Wildman–Crippen LogP) is 4.10. The highest BCUT2D eigenvalue weighted by Crippen LogP contribution is 2.48. The van der Waals surface area contributed by atoms with Crippen LogP contribution in [0, 0.1) is 23.0 Å². The van der Waals surface area contributed by atoms with Gasteiger partial charge in [-0.1, -0.05) is 32.0 Å². The van der Waals surface area contributed by atoms with Gasteiger partial charge in [-0.15, -0.1) is 0 Å². The second-order valence-electron chi connectivity index (χ2n) is 12.0. The summed E-state index contributed by atoms with van der Waals surface area (Å²) in [6.45, 7) is 5.35. The molecule has 3 N–H and O–H groups in total. The zero-order valence-electron chi connectivity index (χ0n) is 23.0. The third kappa shape index (κ3) is 4.29. The summed E-state index contributed by atoms with van der Waals surface area (Å²) >= 11 is 0. The normalized spacial score (nSPS) is 23.5. The van der Waals surface area contributed by atoms with Crippen molar-refractivity contribution in [2.24, 2.45) is 17.8 Å². The largest absolute Gasteiger partial charge is 0.733 e. The van der Waals surface area contributed by atoms with Crippen molar-refractivity contribution < 1.29 is 10.0 Å². The van der Waals surface area contributed by atoms with Gasteiger partial charge < -0.3 is 30.2 Å². The van der Waals surface area contributed by atoms with Crippen LogP contribution in [0.25, 0.3) is 11.0 Å². The van der Waals surface area contributed by atoms with E-state index in [9.17, 15) is 20.0 Å². The summed E-state index contributed by atoms with van der Waals surface area (Å²) in [5.41, 5.74) is 4.76. The van der Waals surface area contributed by atoms with Crippen LogP contribution in [-0.4, -0.2) is 38.2 Å². The molecule has 2 unspecified atom stereocenters. The molecule has 3 aliphatic rings. The number of H-pyrrole nitrogens is 1. The molecular formula is C31H33N6O4-. The molecule has 3 aliphatic heterocycles. The lowest BCUT2D eigenvalue weighted by molar-refractivity contribution is -0.128. The minimum Gasteiger partial charge on any atom is -0.733 e. The lowest BCUT2D eigenvalue weighted by Gasteiger charge is -2.54. The van der Waals surface area contributed by atoms with E-state index < -0.39 is 5.92 Å². The second kappa shape index (κ2) is 9.74. The number of para-hydroxylation sites is 2. The van der Waals surface area contributed by atoms with Crippen LogP contribution in [0.4, 0.5) is 11.4 Å². The fourth-order valence-corrected chi connectivity index (χ4v) is 7.39. The smallest absolute Gasteiger partial charge is 0.250 e. The number of amides is 1. The van der Waals surface area contributed by atoms with E-state index in [0.717, 1.165) is 34.4 Å². The SMILES string of the molecule is CC(C)[C@H](NC(=O)[C@@H]1Cc2cc(N([O-])O)ccc2N2CC3CC(Cn4c3cccc4=O)[C@@H]12)c1nc2ccccc2[nH]1. The standard InChI is InChI=1S/C31H33N6O4/c1-17(2)28(30-32-23-6-3-4-7-24(23)33-30)34-31(39)22-14-18-13-21(37(40)41)10-11-26(18)36-15-19-12-20(29(22)36)16-35-25(19)8-5-9-27(35)38/h3-11,13,17,19-20,22,28-29,40H,12,14-16H2,1-2H3,(H,32,33)(H,34,39)/q-1/t19?,20?,22-,28+,29+/m1/s1. The molecule has 7 rings (SSSR count). The quantitative estimate of drug-likeness (QED) is 0.317. The average molecular weight is 554 g/mol. The van der Waals surface area contributed by atoms with Gasteiger partial charge in [0, 0.05) is 42.5 Å². The molecule has 10 heteroatoms. The Morgan fingerprint density at radius 2 is 1.98 bits per heavy atom. The number of aromatic nitrogens is 3. The van der Waals surface area contributed by atoms with Crippen molar-refractivity contribution in [2.45, 2.75) is 51.2 Å². The van der Waals surface area contributed by atoms with Gasteiger partial charge in [0.25, 0.3) is 5.56 Å². The maximum Gasteiger partial charge on any atom is 0.250 e. The molecule has 0 radical (unpaired) electrons. The van der Waals surface area contributed by atoms with Crippen molar-refractivity contribution in [1.29, 1.82) is 0 Å². The van der Waals surface area contributed by atoms with Gasteiger partial charge in [-0.05, 0) is 66.6 Å². The van der Waals surface area contributed by atoms with Crippen LogP contribution in [0.3, 0.4) is 0 Å². The molecular weight excluding hydrogens is 520 g/mol. The number of carbonyl (C=O) groups excluding carboxylic acids is 1. The van der Waals surface area contributed by atoms with E-state index in [-0.39, 0.29) is 52.2 Å². The van der Waals surface area contributed by atoms with Crippen molar-refractivity contribution in [3.8, 4) is 0 Å². The average Bonchev–Trinajstić information content (AvgIpc) is 3.39. The van der Waals surface area contributed by atoms with Gasteiger partial charge in [-0.2, -0.15) is 0 Å². The zero-order valence-corrected chi connectivity index (χ0v) is 23.0. The summed E-state index contributed by atoms with van der Waals surface area (Å²) in [6.07, 6.45) is 1.33. The molecule has 1 saturated heterocycles. The molecule has 2 aromatic carbocycles. The van der Waals surface area contributed by atoms with Crippen molar-refractivity contribution in [2.75, 3.05) is 16.7 Å². The molecule has 0 aliphatic carbocycles. The first kappa shape index (κ1) is 25.8. The molecule has 212 valence electrons. The number of rotatable bonds is 5. The fourth-order valence-electron chi connectivity index (χ4n) is 7.39. The first-order valence-corrected chi connectivity index (χ1v) is 14.3. The highest BCUT2D eigenvalue weighted by atomic mass is 16.8. The maximum absolute atomic E-state index is 14.3. The highest BCUT2D eigenvalue weighted by molar-refractivity contribution is 5.83. The zero-order chi connectivity index (χ0) is 28.4. The Labute approximate surface area is 237 Å². The van der Waals surface area contributed by atoms with E-state index in [4.69, 9.17) is 4.98 Å². The lowest BCUT2D eigenvalue weighted by atomic mass is 9.70. The van der Waals surface area contributed by atoms with Crippen molar-refractivity contribution in [3.63, 3.8) is 0 Å². The van der Waals surface area contributed by atoms with Crippen molar-refractivity contribution >= 4 is 28.3 Å². The number of pyridine rings is 1. The number of hydrogen-bond acceptors (Lipinski definition) is 7. The van der Waals surface area contributed by atoms with Gasteiger partial charge in [0.15, 0.2) is 0 Å². The molecule has 1 amide bonds. The van der Waals surface area contributed by atoms with Crippen LogP contribution in [-0.2, 0) is 17.8 Å². The van der Waals surface area contributed by atoms with Gasteiger partial charge >= 0.3 is 0 Å². The summed E-state index contributed by atoms with van der Waals surface area (Å²) in [5, 5.41) is 24.5. The van der Waals surface area contributed by atoms with E-state index in [1.807, 2.05) is 47.0 Å². The van der Waals surface area contributed by atoms with Crippen LogP contribution >= 0.6 is 0 Å². The summed E-state index contributed by atoms with van der Waals surface area (Å²) in [4.78, 5) is 37.6. The predicted molar refractivity (Wildman–Crippen MR) is 156 cm³/mol. The number of fused-ring (bicyclic) bond motifs is 9. The number of aromatic amines is 1. The van der Waals surface area contributed by atoms with Crippen LogP contribution in [0.5, 0.6) is 0 Å². The van der Waals surface area contributed by atoms with E-state index >= 15 is 0 Å². The molecule has 2 aromatic heterocycles. The summed E-state index contributed by atoms with van der Waals surface area (Å²) in [5.74, 6) is 0.548. The molecule has 0 spiro atoms. The van der Waals surface area contributed by atoms with E-state index in [2.05, 4.69) is 29.0 Å². The third-order valence-electron chi connectivity index (χ3n) is 9.22. The van der Waals surface area contributed by atoms with Crippen LogP contribution in [0.15, 0.2) is 65.5 Å². The van der Waals surface area contributed by atoms with E-state index in [1.54, 1.807) is 18.2 Å². The van der Waals surface area contributed by atoms with Gasteiger partial charge in [0.05, 0.1) is 28.7 Å². The second-order valence-corrected chi connectivity index (χ2v) is 12.0. The summed E-state index contributed by atoms with van der Waals surface area (Å²) < 4.78 is 1.89. The first-order valence-electron chi connectivity index (χ1n) is 14.3. The molecule has 10 nitrogen and oxygen atoms in total. The van der Waals surface area contributed by atoms with E-state index in [1.165, 1.54) is 0 Å². The Balaban J connectivity index is 1.27. The number of nitrogens with one attached hydrogen (secondary N) is 2. The van der Waals surface area contributed by atoms with Gasteiger partial charge in [0.2, 0.25) is 5.91 Å². The van der Waals surface area contributed by atoms with Gasteiger partial charge in [-0.25, -0.2) is 4.98 Å². The number of anilines is 2. The number of imidazole rings is 1.